The SMILES string of the molecule is CC(C)(C)c1ccc2c(c1)[C@@H](O)CC2(C)C. The van der Waals surface area contributed by atoms with E-state index >= 15 is 0 Å². The molecule has 1 aliphatic rings. The Morgan fingerprint density at radius 2 is 1.88 bits per heavy atom. The van der Waals surface area contributed by atoms with E-state index in [0.717, 1.165) is 12.0 Å². The van der Waals surface area contributed by atoms with Crippen molar-refractivity contribution in [1.82, 2.24) is 0 Å². The van der Waals surface area contributed by atoms with Gasteiger partial charge in [-0.15, -0.1) is 0 Å². The van der Waals surface area contributed by atoms with E-state index in [2.05, 4.69) is 52.8 Å². The third-order valence-electron chi connectivity index (χ3n) is 3.71. The van der Waals surface area contributed by atoms with Gasteiger partial charge in [0.15, 0.2) is 0 Å². The minimum atomic E-state index is -0.285. The minimum Gasteiger partial charge on any atom is -0.388 e. The first-order chi connectivity index (χ1) is 7.22. The Balaban J connectivity index is 2.53. The Bertz CT molecular complexity index is 410. The highest BCUT2D eigenvalue weighted by atomic mass is 16.3. The van der Waals surface area contributed by atoms with Crippen molar-refractivity contribution in [3.8, 4) is 0 Å². The van der Waals surface area contributed by atoms with Crippen LogP contribution in [0.3, 0.4) is 0 Å². The van der Waals surface area contributed by atoms with Gasteiger partial charge in [0.05, 0.1) is 6.10 Å². The molecule has 2 rings (SSSR count). The Morgan fingerprint density at radius 3 is 2.44 bits per heavy atom. The van der Waals surface area contributed by atoms with E-state index in [0.29, 0.717) is 0 Å². The fourth-order valence-corrected chi connectivity index (χ4v) is 2.62. The van der Waals surface area contributed by atoms with E-state index in [1.165, 1.54) is 11.1 Å². The summed E-state index contributed by atoms with van der Waals surface area (Å²) in [6.45, 7) is 11.0. The van der Waals surface area contributed by atoms with Crippen molar-refractivity contribution >= 4 is 0 Å². The average molecular weight is 218 g/mol. The van der Waals surface area contributed by atoms with Gasteiger partial charge >= 0.3 is 0 Å². The van der Waals surface area contributed by atoms with Crippen LogP contribution in [0.5, 0.6) is 0 Å². The van der Waals surface area contributed by atoms with E-state index in [1.807, 2.05) is 0 Å². The maximum absolute atomic E-state index is 10.1. The molecule has 0 amide bonds. The third-order valence-corrected chi connectivity index (χ3v) is 3.71. The number of hydrogen-bond donors (Lipinski definition) is 1. The predicted octanol–water partition coefficient (Wildman–Crippen LogP) is 3.70. The molecule has 0 aliphatic heterocycles. The van der Waals surface area contributed by atoms with Crippen LogP contribution in [0.15, 0.2) is 18.2 Å². The number of hydrogen-bond acceptors (Lipinski definition) is 1. The lowest BCUT2D eigenvalue weighted by molar-refractivity contribution is 0.161. The molecule has 1 atom stereocenters. The molecule has 88 valence electrons. The lowest BCUT2D eigenvalue weighted by Crippen LogP contribution is -2.14. The van der Waals surface area contributed by atoms with Gasteiger partial charge in [0.25, 0.3) is 0 Å². The number of aliphatic hydroxyl groups excluding tert-OH is 1. The molecular formula is C15H22O. The van der Waals surface area contributed by atoms with Crippen molar-refractivity contribution in [2.45, 2.75) is 58.0 Å². The zero-order chi connectivity index (χ0) is 12.1. The zero-order valence-corrected chi connectivity index (χ0v) is 11.0. The Hall–Kier alpha value is -0.820. The molecule has 0 fully saturated rings. The number of benzene rings is 1. The van der Waals surface area contributed by atoms with Crippen LogP contribution in [0.1, 0.15) is 63.8 Å². The van der Waals surface area contributed by atoms with Crippen molar-refractivity contribution < 1.29 is 5.11 Å². The second-order valence-corrected chi connectivity index (χ2v) is 6.66. The summed E-state index contributed by atoms with van der Waals surface area (Å²) >= 11 is 0. The number of fused-ring (bicyclic) bond motifs is 1. The van der Waals surface area contributed by atoms with Crippen LogP contribution in [0.2, 0.25) is 0 Å². The molecule has 0 saturated carbocycles. The summed E-state index contributed by atoms with van der Waals surface area (Å²) in [4.78, 5) is 0. The first-order valence-corrected chi connectivity index (χ1v) is 6.05. The molecule has 0 heterocycles. The molecule has 16 heavy (non-hydrogen) atoms. The topological polar surface area (TPSA) is 20.2 Å². The second kappa shape index (κ2) is 3.33. The lowest BCUT2D eigenvalue weighted by atomic mass is 9.82. The van der Waals surface area contributed by atoms with Crippen molar-refractivity contribution in [3.63, 3.8) is 0 Å². The van der Waals surface area contributed by atoms with Gasteiger partial charge in [-0.3, -0.25) is 0 Å². The van der Waals surface area contributed by atoms with Gasteiger partial charge in [0, 0.05) is 0 Å². The van der Waals surface area contributed by atoms with Gasteiger partial charge in [-0.1, -0.05) is 52.8 Å². The predicted molar refractivity (Wildman–Crippen MR) is 67.7 cm³/mol. The van der Waals surface area contributed by atoms with E-state index in [-0.39, 0.29) is 16.9 Å². The highest BCUT2D eigenvalue weighted by Crippen LogP contribution is 2.45. The van der Waals surface area contributed by atoms with Crippen molar-refractivity contribution in [2.75, 3.05) is 0 Å². The zero-order valence-electron chi connectivity index (χ0n) is 11.0. The quantitative estimate of drug-likeness (QED) is 0.704. The van der Waals surface area contributed by atoms with Crippen LogP contribution >= 0.6 is 0 Å². The molecule has 0 radical (unpaired) electrons. The van der Waals surface area contributed by atoms with Gasteiger partial charge in [-0.25, -0.2) is 0 Å². The van der Waals surface area contributed by atoms with Crippen LogP contribution < -0.4 is 0 Å². The Morgan fingerprint density at radius 1 is 1.25 bits per heavy atom. The average Bonchev–Trinajstić information content (AvgIpc) is 2.36. The largest absolute Gasteiger partial charge is 0.388 e. The molecule has 1 aliphatic carbocycles. The van der Waals surface area contributed by atoms with Gasteiger partial charge in [0.1, 0.15) is 0 Å². The maximum atomic E-state index is 10.1. The van der Waals surface area contributed by atoms with Gasteiger partial charge in [-0.2, -0.15) is 0 Å². The van der Waals surface area contributed by atoms with Crippen LogP contribution in [0.25, 0.3) is 0 Å². The van der Waals surface area contributed by atoms with E-state index in [4.69, 9.17) is 0 Å². The van der Waals surface area contributed by atoms with Crippen LogP contribution in [-0.4, -0.2) is 5.11 Å². The summed E-state index contributed by atoms with van der Waals surface area (Å²) in [6, 6.07) is 6.60. The molecule has 0 aromatic heterocycles. The third kappa shape index (κ3) is 1.78. The summed E-state index contributed by atoms with van der Waals surface area (Å²) < 4.78 is 0. The van der Waals surface area contributed by atoms with Crippen LogP contribution in [0, 0.1) is 0 Å². The summed E-state index contributed by atoms with van der Waals surface area (Å²) in [5.41, 5.74) is 4.03. The minimum absolute atomic E-state index is 0.116. The first kappa shape index (κ1) is 11.7. The van der Waals surface area contributed by atoms with Gasteiger partial charge < -0.3 is 5.11 Å². The van der Waals surface area contributed by atoms with E-state index in [1.54, 1.807) is 0 Å². The summed E-state index contributed by atoms with van der Waals surface area (Å²) in [7, 11) is 0. The van der Waals surface area contributed by atoms with Crippen molar-refractivity contribution in [2.24, 2.45) is 0 Å². The summed E-state index contributed by atoms with van der Waals surface area (Å²) in [5, 5.41) is 10.1. The monoisotopic (exact) mass is 218 g/mol. The standard InChI is InChI=1S/C15H22O/c1-14(2,3)10-6-7-12-11(8-10)13(16)9-15(12,4)5/h6-8,13,16H,9H2,1-5H3/t13-/m0/s1. The van der Waals surface area contributed by atoms with Crippen LogP contribution in [0.4, 0.5) is 0 Å². The highest BCUT2D eigenvalue weighted by molar-refractivity contribution is 5.44. The summed E-state index contributed by atoms with van der Waals surface area (Å²) in [5.74, 6) is 0. The second-order valence-electron chi connectivity index (χ2n) is 6.66. The number of rotatable bonds is 0. The van der Waals surface area contributed by atoms with Gasteiger partial charge in [-0.05, 0) is 33.9 Å². The highest BCUT2D eigenvalue weighted by Gasteiger charge is 2.36. The molecule has 1 aromatic rings. The molecule has 0 saturated heterocycles. The fourth-order valence-electron chi connectivity index (χ4n) is 2.62. The molecule has 1 nitrogen and oxygen atoms in total. The lowest BCUT2D eigenvalue weighted by Gasteiger charge is -2.22. The smallest absolute Gasteiger partial charge is 0.0801 e. The molecule has 0 spiro atoms. The fraction of sp³-hybridized carbons (Fsp3) is 0.600. The Labute approximate surface area is 98.5 Å². The molecule has 1 aromatic carbocycles. The van der Waals surface area contributed by atoms with Crippen LogP contribution in [-0.2, 0) is 10.8 Å². The molecular weight excluding hydrogens is 196 g/mol. The summed E-state index contributed by atoms with van der Waals surface area (Å²) in [6.07, 6.45) is 0.558. The molecule has 0 bridgehead atoms. The molecule has 0 unspecified atom stereocenters. The van der Waals surface area contributed by atoms with Crippen molar-refractivity contribution in [3.05, 3.63) is 34.9 Å². The molecule has 1 N–H and O–H groups in total. The molecule has 1 heteroatoms. The van der Waals surface area contributed by atoms with E-state index < -0.39 is 0 Å². The van der Waals surface area contributed by atoms with Gasteiger partial charge in [0.2, 0.25) is 0 Å². The first-order valence-electron chi connectivity index (χ1n) is 6.05. The normalized spacial score (nSPS) is 23.2. The maximum Gasteiger partial charge on any atom is 0.0801 e. The Kier molecular flexibility index (Phi) is 2.43. The number of aliphatic hydroxyl groups is 1. The van der Waals surface area contributed by atoms with Crippen molar-refractivity contribution in [1.29, 1.82) is 0 Å². The van der Waals surface area contributed by atoms with E-state index in [9.17, 15) is 5.11 Å².